The Morgan fingerprint density at radius 1 is 1.11 bits per heavy atom. The van der Waals surface area contributed by atoms with Gasteiger partial charge in [0.1, 0.15) is 5.82 Å². The van der Waals surface area contributed by atoms with E-state index in [1.807, 2.05) is 0 Å². The summed E-state index contributed by atoms with van der Waals surface area (Å²) in [6.45, 7) is 5.01. The van der Waals surface area contributed by atoms with Crippen molar-refractivity contribution in [1.82, 2.24) is 14.2 Å². The number of carbonyl (C=O) groups is 1. The molecule has 0 atom stereocenters. The van der Waals surface area contributed by atoms with E-state index in [2.05, 4.69) is 9.88 Å². The summed E-state index contributed by atoms with van der Waals surface area (Å²) in [7, 11) is -3.66. The Morgan fingerprint density at radius 3 is 2.53 bits per heavy atom. The van der Waals surface area contributed by atoms with Gasteiger partial charge in [-0.2, -0.15) is 4.31 Å². The zero-order valence-corrected chi connectivity index (χ0v) is 23.3. The number of nitrogens with zero attached hydrogens (tertiary/aromatic N) is 4. The van der Waals surface area contributed by atoms with E-state index in [1.54, 1.807) is 23.1 Å². The minimum Gasteiger partial charge on any atom is -0.379 e. The van der Waals surface area contributed by atoms with Gasteiger partial charge in [-0.1, -0.05) is 22.9 Å². The van der Waals surface area contributed by atoms with Crippen LogP contribution in [0.15, 0.2) is 47.4 Å². The van der Waals surface area contributed by atoms with Crippen LogP contribution in [-0.4, -0.2) is 81.0 Å². The van der Waals surface area contributed by atoms with Gasteiger partial charge in [0.2, 0.25) is 15.9 Å². The smallest absolute Gasteiger partial charge is 0.243 e. The van der Waals surface area contributed by atoms with Crippen molar-refractivity contribution >= 4 is 54.2 Å². The third-order valence-corrected chi connectivity index (χ3v) is 10.3. The number of fused-ring (bicyclic) bond motifs is 1. The van der Waals surface area contributed by atoms with Crippen molar-refractivity contribution in [2.45, 2.75) is 24.2 Å². The number of benzene rings is 2. The maximum atomic E-state index is 13.8. The highest BCUT2D eigenvalue weighted by atomic mass is 35.5. The molecule has 0 saturated carbocycles. The van der Waals surface area contributed by atoms with E-state index in [-0.39, 0.29) is 35.6 Å². The molecule has 3 aromatic rings. The van der Waals surface area contributed by atoms with Crippen LogP contribution < -0.4 is 4.90 Å². The molecule has 5 rings (SSSR count). The van der Waals surface area contributed by atoms with E-state index in [9.17, 15) is 17.6 Å². The van der Waals surface area contributed by atoms with Gasteiger partial charge in [-0.05, 0) is 61.7 Å². The molecule has 12 heteroatoms. The van der Waals surface area contributed by atoms with Crippen molar-refractivity contribution in [2.75, 3.05) is 57.4 Å². The lowest BCUT2D eigenvalue weighted by Gasteiger charge is -2.33. The molecule has 2 aliphatic heterocycles. The Kier molecular flexibility index (Phi) is 8.61. The molecule has 2 saturated heterocycles. The maximum Gasteiger partial charge on any atom is 0.243 e. The fourth-order valence-electron chi connectivity index (χ4n) is 4.90. The number of thiazole rings is 1. The largest absolute Gasteiger partial charge is 0.379 e. The average Bonchev–Trinajstić information content (AvgIpc) is 3.34. The highest BCUT2D eigenvalue weighted by Crippen LogP contribution is 2.32. The number of aromatic nitrogens is 1. The molecule has 0 aliphatic carbocycles. The van der Waals surface area contributed by atoms with E-state index < -0.39 is 10.0 Å². The van der Waals surface area contributed by atoms with Gasteiger partial charge < -0.3 is 4.74 Å². The highest BCUT2D eigenvalue weighted by molar-refractivity contribution is 7.89. The number of piperidine rings is 1. The van der Waals surface area contributed by atoms with E-state index in [0.29, 0.717) is 53.0 Å². The number of ether oxygens (including phenoxy) is 1. The number of halogens is 2. The Morgan fingerprint density at radius 2 is 1.82 bits per heavy atom. The zero-order chi connectivity index (χ0) is 26.7. The summed E-state index contributed by atoms with van der Waals surface area (Å²) in [5.41, 5.74) is 0.654. The second-order valence-corrected chi connectivity index (χ2v) is 12.9. The van der Waals surface area contributed by atoms with Crippen molar-refractivity contribution < 1.29 is 22.3 Å². The van der Waals surface area contributed by atoms with Crippen LogP contribution in [0.25, 0.3) is 10.2 Å². The quantitative estimate of drug-likeness (QED) is 0.396. The van der Waals surface area contributed by atoms with E-state index in [4.69, 9.17) is 16.3 Å². The number of rotatable bonds is 8. The van der Waals surface area contributed by atoms with Gasteiger partial charge >= 0.3 is 0 Å². The number of morpholine rings is 1. The van der Waals surface area contributed by atoms with Gasteiger partial charge in [0.05, 0.1) is 28.3 Å². The summed E-state index contributed by atoms with van der Waals surface area (Å²) in [6, 6.07) is 10.6. The summed E-state index contributed by atoms with van der Waals surface area (Å²) in [5.74, 6) is -0.721. The molecule has 2 fully saturated rings. The van der Waals surface area contributed by atoms with Crippen molar-refractivity contribution in [1.29, 1.82) is 0 Å². The van der Waals surface area contributed by atoms with E-state index >= 15 is 0 Å². The molecule has 38 heavy (non-hydrogen) atoms. The molecule has 1 aromatic heterocycles. The summed E-state index contributed by atoms with van der Waals surface area (Å²) >= 11 is 7.22. The van der Waals surface area contributed by atoms with Crippen LogP contribution in [0.1, 0.15) is 19.3 Å². The molecule has 0 unspecified atom stereocenters. The van der Waals surface area contributed by atoms with Gasteiger partial charge in [0.25, 0.3) is 0 Å². The second-order valence-electron chi connectivity index (χ2n) is 9.54. The van der Waals surface area contributed by atoms with E-state index in [1.165, 1.54) is 39.9 Å². The molecular weight excluding hydrogens is 551 g/mol. The van der Waals surface area contributed by atoms with Crippen LogP contribution in [0, 0.1) is 11.7 Å². The lowest BCUT2D eigenvalue weighted by Crippen LogP contribution is -2.45. The number of anilines is 1. The monoisotopic (exact) mass is 580 g/mol. The molecule has 1 amide bonds. The predicted molar refractivity (Wildman–Crippen MR) is 147 cm³/mol. The normalized spacial score (nSPS) is 18.2. The first-order valence-electron chi connectivity index (χ1n) is 12.7. The fourth-order valence-corrected chi connectivity index (χ4v) is 7.52. The van der Waals surface area contributed by atoms with Gasteiger partial charge in [-0.15, -0.1) is 0 Å². The van der Waals surface area contributed by atoms with Crippen molar-refractivity contribution in [3.05, 3.63) is 53.3 Å². The van der Waals surface area contributed by atoms with Crippen molar-refractivity contribution in [3.8, 4) is 0 Å². The molecule has 0 N–H and O–H groups in total. The molecule has 0 bridgehead atoms. The number of hydrogen-bond donors (Lipinski definition) is 0. The molecular formula is C26H30ClFN4O4S2. The lowest BCUT2D eigenvalue weighted by molar-refractivity contribution is -0.123. The minimum absolute atomic E-state index is 0.0601. The Hall–Kier alpha value is -2.15. The lowest BCUT2D eigenvalue weighted by atomic mass is 9.96. The second kappa shape index (κ2) is 11.9. The molecule has 2 aliphatic rings. The van der Waals surface area contributed by atoms with Crippen molar-refractivity contribution in [3.63, 3.8) is 0 Å². The van der Waals surface area contributed by atoms with Crippen LogP contribution >= 0.6 is 22.9 Å². The topological polar surface area (TPSA) is 83.1 Å². The van der Waals surface area contributed by atoms with Gasteiger partial charge in [-0.25, -0.2) is 17.8 Å². The van der Waals surface area contributed by atoms with E-state index in [0.717, 1.165) is 26.1 Å². The van der Waals surface area contributed by atoms with Gasteiger partial charge in [0.15, 0.2) is 5.13 Å². The average molecular weight is 581 g/mol. The summed E-state index contributed by atoms with van der Waals surface area (Å²) in [4.78, 5) is 22.7. The standard InChI is InChI=1S/C26H30ClFN4O4S2/c27-20-2-5-22(6-3-20)38(34,35)31-12-8-19(9-13-31)25(33)32(11-1-10-30-14-16-36-17-15-30)26-29-23-7-4-21(28)18-24(23)37-26/h2-7,18-19H,1,8-17H2. The molecule has 0 spiro atoms. The number of amides is 1. The first kappa shape index (κ1) is 27.4. The first-order valence-corrected chi connectivity index (χ1v) is 15.4. The summed E-state index contributed by atoms with van der Waals surface area (Å²) < 4.78 is 47.5. The zero-order valence-electron chi connectivity index (χ0n) is 20.9. The molecule has 8 nitrogen and oxygen atoms in total. The number of sulfonamides is 1. The third-order valence-electron chi connectivity index (χ3n) is 7.05. The van der Waals surface area contributed by atoms with Crippen LogP contribution in [0.5, 0.6) is 0 Å². The molecule has 0 radical (unpaired) electrons. The van der Waals surface area contributed by atoms with Crippen LogP contribution in [0.2, 0.25) is 5.02 Å². The SMILES string of the molecule is O=C(C1CCN(S(=O)(=O)c2ccc(Cl)cc2)CC1)N(CCCN1CCOCC1)c1nc2ccc(F)cc2s1. The molecule has 204 valence electrons. The summed E-state index contributed by atoms with van der Waals surface area (Å²) in [5, 5.41) is 1.02. The maximum absolute atomic E-state index is 13.8. The van der Waals surface area contributed by atoms with Crippen LogP contribution in [0.3, 0.4) is 0 Å². The van der Waals surface area contributed by atoms with Crippen LogP contribution in [0.4, 0.5) is 9.52 Å². The van der Waals surface area contributed by atoms with Crippen molar-refractivity contribution in [2.24, 2.45) is 5.92 Å². The Labute approximate surface area is 231 Å². The Bertz CT molecular complexity index is 1370. The Balaban J connectivity index is 1.29. The summed E-state index contributed by atoms with van der Waals surface area (Å²) in [6.07, 6.45) is 1.61. The predicted octanol–water partition coefficient (Wildman–Crippen LogP) is 4.25. The highest BCUT2D eigenvalue weighted by Gasteiger charge is 2.35. The molecule has 3 heterocycles. The third kappa shape index (κ3) is 6.19. The minimum atomic E-state index is -3.66. The number of hydrogen-bond acceptors (Lipinski definition) is 7. The first-order chi connectivity index (χ1) is 18.3. The fraction of sp³-hybridized carbons (Fsp3) is 0.462. The molecule has 2 aromatic carbocycles. The van der Waals surface area contributed by atoms with Crippen LogP contribution in [-0.2, 0) is 19.6 Å². The van der Waals surface area contributed by atoms with Gasteiger partial charge in [0, 0.05) is 50.2 Å². The number of carbonyl (C=O) groups excluding carboxylic acids is 1. The van der Waals surface area contributed by atoms with Gasteiger partial charge in [-0.3, -0.25) is 14.6 Å².